The highest BCUT2D eigenvalue weighted by Crippen LogP contribution is 2.23. The SMILES string of the molecule is CCCCCCCCCCCCCCCCS(=O)(=O)N[C@@H](CO[C@@H]1OC(CO)[C@H](O)[C@H](O)C1O)[C@H](O)[C@H](O)CCCCCCCCCCCCCC. The van der Waals surface area contributed by atoms with Crippen molar-refractivity contribution in [2.75, 3.05) is 19.0 Å². The van der Waals surface area contributed by atoms with Crippen molar-refractivity contribution < 1.29 is 48.5 Å². The number of unbranched alkanes of at least 4 members (excludes halogenated alkanes) is 24. The quantitative estimate of drug-likeness (QED) is 0.0353. The second-order valence-electron chi connectivity index (χ2n) is 15.4. The van der Waals surface area contributed by atoms with Gasteiger partial charge in [-0.15, -0.1) is 0 Å². The molecule has 7 N–H and O–H groups in total. The average molecular weight is 768 g/mol. The molecule has 0 bridgehead atoms. The molecular weight excluding hydrogens is 687 g/mol. The third-order valence-electron chi connectivity index (χ3n) is 10.5. The van der Waals surface area contributed by atoms with Crippen molar-refractivity contribution in [3.05, 3.63) is 0 Å². The lowest BCUT2D eigenvalue weighted by atomic mass is 9.99. The van der Waals surface area contributed by atoms with Crippen molar-refractivity contribution in [2.24, 2.45) is 0 Å². The van der Waals surface area contributed by atoms with Gasteiger partial charge >= 0.3 is 0 Å². The molecule has 1 rings (SSSR count). The van der Waals surface area contributed by atoms with Crippen LogP contribution in [0.3, 0.4) is 0 Å². The fourth-order valence-corrected chi connectivity index (χ4v) is 8.39. The van der Waals surface area contributed by atoms with E-state index < -0.39 is 72.2 Å². The molecule has 1 aliphatic heterocycles. The Morgan fingerprint density at radius 2 is 1.00 bits per heavy atom. The van der Waals surface area contributed by atoms with Gasteiger partial charge in [-0.2, -0.15) is 0 Å². The summed E-state index contributed by atoms with van der Waals surface area (Å²) in [5, 5.41) is 62.1. The van der Waals surface area contributed by atoms with Gasteiger partial charge in [0.2, 0.25) is 10.0 Å². The van der Waals surface area contributed by atoms with E-state index in [0.717, 1.165) is 44.9 Å². The van der Waals surface area contributed by atoms with Crippen LogP contribution in [-0.2, 0) is 19.5 Å². The molecule has 0 aromatic carbocycles. The van der Waals surface area contributed by atoms with E-state index in [-0.39, 0.29) is 12.2 Å². The smallest absolute Gasteiger partial charge is 0.212 e. The topological polar surface area (TPSA) is 186 Å². The van der Waals surface area contributed by atoms with Gasteiger partial charge in [0.05, 0.1) is 37.2 Å². The molecule has 1 saturated heterocycles. The number of aliphatic hydroxyl groups is 6. The Labute approximate surface area is 317 Å². The monoisotopic (exact) mass is 768 g/mol. The first-order valence-corrected chi connectivity index (χ1v) is 23.0. The Kier molecular flexibility index (Phi) is 30.3. The van der Waals surface area contributed by atoms with Crippen molar-refractivity contribution in [3.8, 4) is 0 Å². The van der Waals surface area contributed by atoms with Gasteiger partial charge in [-0.3, -0.25) is 0 Å². The normalized spacial score (nSPS) is 22.8. The Balaban J connectivity index is 2.52. The molecule has 0 spiro atoms. The van der Waals surface area contributed by atoms with Gasteiger partial charge < -0.3 is 40.1 Å². The number of nitrogens with one attached hydrogen (secondary N) is 1. The minimum atomic E-state index is -3.86. The molecule has 0 radical (unpaired) electrons. The molecule has 0 aromatic heterocycles. The Bertz CT molecular complexity index is 911. The van der Waals surface area contributed by atoms with Gasteiger partial charge in [0.15, 0.2) is 6.29 Å². The number of ether oxygens (including phenoxy) is 2. The first-order valence-electron chi connectivity index (χ1n) is 21.4. The van der Waals surface area contributed by atoms with Gasteiger partial charge in [-0.25, -0.2) is 13.1 Å². The molecule has 11 nitrogen and oxygen atoms in total. The molecule has 0 saturated carbocycles. The molecule has 2 unspecified atom stereocenters. The highest BCUT2D eigenvalue weighted by molar-refractivity contribution is 7.89. The lowest BCUT2D eigenvalue weighted by Crippen LogP contribution is -2.60. The molecule has 8 atom stereocenters. The number of aliphatic hydroxyl groups excluding tert-OH is 6. The number of rotatable bonds is 36. The summed E-state index contributed by atoms with van der Waals surface area (Å²) in [7, 11) is -3.86. The summed E-state index contributed by atoms with van der Waals surface area (Å²) in [6, 6.07) is -1.25. The summed E-state index contributed by atoms with van der Waals surface area (Å²) in [5.41, 5.74) is 0. The molecule has 1 heterocycles. The molecule has 0 aliphatic carbocycles. The number of hydrogen-bond acceptors (Lipinski definition) is 10. The number of sulfonamides is 1. The van der Waals surface area contributed by atoms with Gasteiger partial charge in [0.1, 0.15) is 24.4 Å². The molecule has 52 heavy (non-hydrogen) atoms. The van der Waals surface area contributed by atoms with Crippen molar-refractivity contribution in [2.45, 2.75) is 236 Å². The van der Waals surface area contributed by atoms with Crippen molar-refractivity contribution >= 4 is 10.0 Å². The minimum absolute atomic E-state index is 0.136. The van der Waals surface area contributed by atoms with Crippen LogP contribution in [0.2, 0.25) is 0 Å². The van der Waals surface area contributed by atoms with Crippen LogP contribution >= 0.6 is 0 Å². The maximum Gasteiger partial charge on any atom is 0.212 e. The highest BCUT2D eigenvalue weighted by atomic mass is 32.2. The highest BCUT2D eigenvalue weighted by Gasteiger charge is 2.44. The van der Waals surface area contributed by atoms with E-state index in [1.54, 1.807) is 0 Å². The Morgan fingerprint density at radius 3 is 1.42 bits per heavy atom. The first-order chi connectivity index (χ1) is 25.1. The summed E-state index contributed by atoms with van der Waals surface area (Å²) in [5.74, 6) is -0.136. The van der Waals surface area contributed by atoms with E-state index in [1.165, 1.54) is 109 Å². The second-order valence-corrected chi connectivity index (χ2v) is 17.3. The van der Waals surface area contributed by atoms with E-state index >= 15 is 0 Å². The standard InChI is InChI=1S/C40H81NO10S/c1-3-5-7-9-11-13-15-17-18-20-22-24-26-28-30-52(48,49)41-33(32-50-40-39(47)38(46)37(45)35(31-42)51-40)36(44)34(43)29-27-25-23-21-19-16-14-12-10-8-6-4-2/h33-47H,3-32H2,1-2H3/t33-,34+,35?,36-,37-,38-,39?,40+/m0/s1. The van der Waals surface area contributed by atoms with E-state index in [0.29, 0.717) is 12.8 Å². The molecule has 0 amide bonds. The van der Waals surface area contributed by atoms with Crippen molar-refractivity contribution in [1.29, 1.82) is 0 Å². The van der Waals surface area contributed by atoms with Gasteiger partial charge in [-0.1, -0.05) is 174 Å². The molecule has 0 aromatic rings. The van der Waals surface area contributed by atoms with Crippen LogP contribution in [0.25, 0.3) is 0 Å². The van der Waals surface area contributed by atoms with Crippen molar-refractivity contribution in [3.63, 3.8) is 0 Å². The van der Waals surface area contributed by atoms with Crippen LogP contribution in [-0.4, -0.2) is 107 Å². The lowest BCUT2D eigenvalue weighted by Gasteiger charge is -2.40. The summed E-state index contributed by atoms with van der Waals surface area (Å²) < 4.78 is 39.8. The maximum absolute atomic E-state index is 13.1. The van der Waals surface area contributed by atoms with Gasteiger partial charge in [-0.05, 0) is 12.8 Å². The van der Waals surface area contributed by atoms with E-state index in [4.69, 9.17) is 9.47 Å². The Hall–Kier alpha value is -0.410. The summed E-state index contributed by atoms with van der Waals surface area (Å²) >= 11 is 0. The van der Waals surface area contributed by atoms with Crippen LogP contribution in [0.15, 0.2) is 0 Å². The van der Waals surface area contributed by atoms with Crippen LogP contribution in [0.5, 0.6) is 0 Å². The lowest BCUT2D eigenvalue weighted by molar-refractivity contribution is -0.303. The van der Waals surface area contributed by atoms with Crippen LogP contribution in [0.4, 0.5) is 0 Å². The number of hydrogen-bond donors (Lipinski definition) is 7. The third-order valence-corrected chi connectivity index (χ3v) is 12.0. The van der Waals surface area contributed by atoms with Crippen LogP contribution < -0.4 is 4.72 Å². The van der Waals surface area contributed by atoms with E-state index in [2.05, 4.69) is 18.6 Å². The Morgan fingerprint density at radius 1 is 0.596 bits per heavy atom. The zero-order valence-corrected chi connectivity index (χ0v) is 33.9. The van der Waals surface area contributed by atoms with Gasteiger partial charge in [0, 0.05) is 0 Å². The predicted molar refractivity (Wildman–Crippen MR) is 208 cm³/mol. The van der Waals surface area contributed by atoms with Crippen molar-refractivity contribution in [1.82, 2.24) is 4.72 Å². The van der Waals surface area contributed by atoms with E-state index in [9.17, 15) is 39.1 Å². The summed E-state index contributed by atoms with van der Waals surface area (Å²) in [6.45, 7) is 3.35. The molecule has 1 fully saturated rings. The minimum Gasteiger partial charge on any atom is -0.394 e. The average Bonchev–Trinajstić information content (AvgIpc) is 3.13. The van der Waals surface area contributed by atoms with E-state index in [1.807, 2.05) is 0 Å². The maximum atomic E-state index is 13.1. The summed E-state index contributed by atoms with van der Waals surface area (Å²) in [6.07, 6.45) is 20.1. The molecule has 1 aliphatic rings. The molecular formula is C40H81NO10S. The van der Waals surface area contributed by atoms with Crippen LogP contribution in [0, 0.1) is 0 Å². The zero-order chi connectivity index (χ0) is 38.5. The first kappa shape index (κ1) is 49.6. The zero-order valence-electron chi connectivity index (χ0n) is 33.1. The molecule has 12 heteroatoms. The third kappa shape index (κ3) is 23.5. The second kappa shape index (κ2) is 31.8. The summed E-state index contributed by atoms with van der Waals surface area (Å²) in [4.78, 5) is 0. The predicted octanol–water partition coefficient (Wildman–Crippen LogP) is 6.39. The van der Waals surface area contributed by atoms with Gasteiger partial charge in [0.25, 0.3) is 0 Å². The fourth-order valence-electron chi connectivity index (χ4n) is 7.02. The molecule has 312 valence electrons. The van der Waals surface area contributed by atoms with Crippen LogP contribution in [0.1, 0.15) is 187 Å². The fraction of sp³-hybridized carbons (Fsp3) is 1.00. The largest absolute Gasteiger partial charge is 0.394 e.